The number of likely N-dealkylation sites (tertiary alicyclic amines) is 1. The summed E-state index contributed by atoms with van der Waals surface area (Å²) in [5.74, 6) is -3.85. The Balaban J connectivity index is 1.83. The number of carbonyl (C=O) groups is 5. The molecular formula is C30H47N3O7S. The number of carbonyl (C=O) groups excluding carboxylic acids is 5. The maximum atomic E-state index is 14.0. The lowest BCUT2D eigenvalue weighted by atomic mass is 9.76. The summed E-state index contributed by atoms with van der Waals surface area (Å²) in [5.41, 5.74) is 4.88. The fraction of sp³-hybridized carbons (Fsp3) is 0.767. The molecule has 5 atom stereocenters. The van der Waals surface area contributed by atoms with Crippen molar-refractivity contribution in [3.05, 3.63) is 12.0 Å². The molecule has 11 heteroatoms. The van der Waals surface area contributed by atoms with Crippen LogP contribution in [-0.2, 0) is 34.0 Å². The molecule has 3 N–H and O–H groups in total. The SMILES string of the molecule is C=CS(=O)(=O)NCC[C@H](CC(=O)CC(C)(C)C)C(=O)N1C[C@H]2C([C@H]1C(=O)CC(CC1CCC1)C(=O)C(N)=O)C2(C)C. The summed E-state index contributed by atoms with van der Waals surface area (Å²) in [6, 6.07) is -0.767. The van der Waals surface area contributed by atoms with E-state index in [0.29, 0.717) is 13.0 Å². The van der Waals surface area contributed by atoms with E-state index in [0.717, 1.165) is 24.7 Å². The first-order valence-corrected chi connectivity index (χ1v) is 16.2. The summed E-state index contributed by atoms with van der Waals surface area (Å²) in [6.45, 7) is 13.5. The van der Waals surface area contributed by atoms with E-state index < -0.39 is 39.6 Å². The first-order valence-electron chi connectivity index (χ1n) is 14.7. The quantitative estimate of drug-likeness (QED) is 0.260. The van der Waals surface area contributed by atoms with Crippen LogP contribution in [0.3, 0.4) is 0 Å². The molecule has 0 bridgehead atoms. The van der Waals surface area contributed by atoms with Crippen molar-refractivity contribution in [2.75, 3.05) is 13.1 Å². The highest BCUT2D eigenvalue weighted by Crippen LogP contribution is 2.65. The topological polar surface area (TPSA) is 161 Å². The molecule has 3 fully saturated rings. The second-order valence-electron chi connectivity index (χ2n) is 14.1. The largest absolute Gasteiger partial charge is 0.363 e. The van der Waals surface area contributed by atoms with Gasteiger partial charge in [0.15, 0.2) is 5.78 Å². The Hall–Kier alpha value is -2.40. The van der Waals surface area contributed by atoms with Gasteiger partial charge in [-0.3, -0.25) is 24.0 Å². The Morgan fingerprint density at radius 3 is 2.24 bits per heavy atom. The Labute approximate surface area is 244 Å². The molecule has 230 valence electrons. The molecule has 0 aromatic heterocycles. The highest BCUT2D eigenvalue weighted by atomic mass is 32.2. The summed E-state index contributed by atoms with van der Waals surface area (Å²) < 4.78 is 26.2. The van der Waals surface area contributed by atoms with Gasteiger partial charge in [0.2, 0.25) is 21.7 Å². The molecule has 2 saturated carbocycles. The number of hydrogen-bond acceptors (Lipinski definition) is 7. The first-order chi connectivity index (χ1) is 18.9. The molecule has 41 heavy (non-hydrogen) atoms. The van der Waals surface area contributed by atoms with Crippen LogP contribution in [0, 0.1) is 40.4 Å². The number of piperidine rings is 1. The van der Waals surface area contributed by atoms with Gasteiger partial charge in [-0.15, -0.1) is 0 Å². The number of rotatable bonds is 16. The number of sulfonamides is 1. The number of Topliss-reactive ketones (excluding diaryl/α,β-unsaturated/α-hetero) is 3. The van der Waals surface area contributed by atoms with E-state index >= 15 is 0 Å². The van der Waals surface area contributed by atoms with Gasteiger partial charge in [0, 0.05) is 49.6 Å². The molecule has 1 aliphatic heterocycles. The van der Waals surface area contributed by atoms with Crippen molar-refractivity contribution in [3.8, 4) is 0 Å². The molecule has 0 spiro atoms. The van der Waals surface area contributed by atoms with Crippen LogP contribution < -0.4 is 10.5 Å². The van der Waals surface area contributed by atoms with E-state index in [4.69, 9.17) is 5.73 Å². The zero-order chi connectivity index (χ0) is 30.9. The molecule has 0 aromatic rings. The lowest BCUT2D eigenvalue weighted by molar-refractivity contribution is -0.145. The summed E-state index contributed by atoms with van der Waals surface area (Å²) in [7, 11) is -3.71. The van der Waals surface area contributed by atoms with Gasteiger partial charge in [-0.1, -0.05) is 60.5 Å². The summed E-state index contributed by atoms with van der Waals surface area (Å²) >= 11 is 0. The van der Waals surface area contributed by atoms with Crippen LogP contribution in [0.2, 0.25) is 0 Å². The van der Waals surface area contributed by atoms with Crippen LogP contribution in [0.4, 0.5) is 0 Å². The Morgan fingerprint density at radius 1 is 1.10 bits per heavy atom. The highest BCUT2D eigenvalue weighted by molar-refractivity contribution is 7.92. The minimum atomic E-state index is -3.71. The summed E-state index contributed by atoms with van der Waals surface area (Å²) in [4.78, 5) is 66.8. The van der Waals surface area contributed by atoms with Gasteiger partial charge in [-0.25, -0.2) is 13.1 Å². The van der Waals surface area contributed by atoms with Crippen LogP contribution in [0.1, 0.15) is 86.0 Å². The third-order valence-corrected chi connectivity index (χ3v) is 10.3. The monoisotopic (exact) mass is 593 g/mol. The van der Waals surface area contributed by atoms with Crippen molar-refractivity contribution in [2.45, 2.75) is 92.0 Å². The predicted octanol–water partition coefficient (Wildman–Crippen LogP) is 2.75. The van der Waals surface area contributed by atoms with E-state index in [1.54, 1.807) is 4.90 Å². The summed E-state index contributed by atoms with van der Waals surface area (Å²) in [5, 5.41) is 0.784. The molecule has 2 amide bonds. The Kier molecular flexibility index (Phi) is 10.1. The standard InChI is InChI=1S/C30H47N3O7S/c1-7-41(39,40)32-12-11-19(14-21(34)16-29(2,3)4)28(38)33-17-22-24(30(22,5)6)25(33)23(35)15-20(26(36)27(31)37)13-18-9-8-10-18/h7,18-20,22,24-25,32H,1,8-17H2,2-6H3,(H2,31,37)/t19-,20?,22+,24?,25-/m1/s1. The summed E-state index contributed by atoms with van der Waals surface area (Å²) in [6.07, 6.45) is 3.50. The van der Waals surface area contributed by atoms with Crippen LogP contribution in [0.5, 0.6) is 0 Å². The highest BCUT2D eigenvalue weighted by Gasteiger charge is 2.69. The number of primary amides is 1. The minimum absolute atomic E-state index is 0.0606. The van der Waals surface area contributed by atoms with Gasteiger partial charge in [0.25, 0.3) is 5.91 Å². The van der Waals surface area contributed by atoms with Crippen LogP contribution in [0.25, 0.3) is 0 Å². The fourth-order valence-electron chi connectivity index (χ4n) is 6.78. The Bertz CT molecular complexity index is 1180. The first kappa shape index (κ1) is 33.1. The number of nitrogens with zero attached hydrogens (tertiary/aromatic N) is 1. The molecule has 0 radical (unpaired) electrons. The molecule has 1 heterocycles. The normalized spacial score (nSPS) is 25.0. The van der Waals surface area contributed by atoms with Crippen molar-refractivity contribution in [1.29, 1.82) is 0 Å². The molecule has 10 nitrogen and oxygen atoms in total. The van der Waals surface area contributed by atoms with Crippen molar-refractivity contribution in [1.82, 2.24) is 9.62 Å². The van der Waals surface area contributed by atoms with Gasteiger partial charge in [0.1, 0.15) is 5.78 Å². The second-order valence-corrected chi connectivity index (χ2v) is 15.8. The molecular weight excluding hydrogens is 546 g/mol. The van der Waals surface area contributed by atoms with Crippen molar-refractivity contribution in [2.24, 2.45) is 46.2 Å². The van der Waals surface area contributed by atoms with Crippen LogP contribution in [-0.4, -0.2) is 61.6 Å². The van der Waals surface area contributed by atoms with E-state index in [-0.39, 0.29) is 78.3 Å². The molecule has 1 saturated heterocycles. The van der Waals surface area contributed by atoms with Crippen LogP contribution in [0.15, 0.2) is 12.0 Å². The van der Waals surface area contributed by atoms with Gasteiger partial charge in [-0.2, -0.15) is 0 Å². The lowest BCUT2D eigenvalue weighted by Gasteiger charge is -2.34. The van der Waals surface area contributed by atoms with Crippen molar-refractivity contribution < 1.29 is 32.4 Å². The van der Waals surface area contributed by atoms with E-state index in [9.17, 15) is 32.4 Å². The number of nitrogens with two attached hydrogens (primary N) is 1. The van der Waals surface area contributed by atoms with Crippen molar-refractivity contribution >= 4 is 39.2 Å². The maximum Gasteiger partial charge on any atom is 0.285 e. The predicted molar refractivity (Wildman–Crippen MR) is 154 cm³/mol. The van der Waals surface area contributed by atoms with Crippen LogP contribution >= 0.6 is 0 Å². The average molecular weight is 594 g/mol. The zero-order valence-electron chi connectivity index (χ0n) is 25.1. The van der Waals surface area contributed by atoms with E-state index in [2.05, 4.69) is 25.1 Å². The maximum absolute atomic E-state index is 14.0. The molecule has 3 aliphatic rings. The smallest absolute Gasteiger partial charge is 0.285 e. The number of ketones is 3. The average Bonchev–Trinajstić information content (AvgIpc) is 3.14. The van der Waals surface area contributed by atoms with Gasteiger partial charge < -0.3 is 10.6 Å². The number of fused-ring (bicyclic) bond motifs is 1. The lowest BCUT2D eigenvalue weighted by Crippen LogP contribution is -2.49. The van der Waals surface area contributed by atoms with Crippen molar-refractivity contribution in [3.63, 3.8) is 0 Å². The van der Waals surface area contributed by atoms with E-state index in [1.807, 2.05) is 20.8 Å². The van der Waals surface area contributed by atoms with Gasteiger partial charge >= 0.3 is 0 Å². The van der Waals surface area contributed by atoms with Gasteiger partial charge in [-0.05, 0) is 41.4 Å². The van der Waals surface area contributed by atoms with E-state index in [1.165, 1.54) is 0 Å². The Morgan fingerprint density at radius 2 is 1.73 bits per heavy atom. The third-order valence-electron chi connectivity index (χ3n) is 9.29. The molecule has 2 aliphatic carbocycles. The minimum Gasteiger partial charge on any atom is -0.363 e. The third kappa shape index (κ3) is 8.12. The van der Waals surface area contributed by atoms with Gasteiger partial charge in [0.05, 0.1) is 6.04 Å². The molecule has 0 aromatic carbocycles. The molecule has 2 unspecified atom stereocenters. The number of amides is 2. The fourth-order valence-corrected chi connectivity index (χ4v) is 7.30. The zero-order valence-corrected chi connectivity index (χ0v) is 25.9. The number of nitrogens with one attached hydrogen (secondary N) is 1. The second kappa shape index (κ2) is 12.5. The number of hydrogen-bond donors (Lipinski definition) is 2. The molecule has 3 rings (SSSR count).